The van der Waals surface area contributed by atoms with Crippen molar-refractivity contribution >= 4 is 17.3 Å². The van der Waals surface area contributed by atoms with Gasteiger partial charge in [0, 0.05) is 24.7 Å². The van der Waals surface area contributed by atoms with Crippen LogP contribution in [0.5, 0.6) is 0 Å². The quantitative estimate of drug-likeness (QED) is 0.688. The lowest BCUT2D eigenvalue weighted by Gasteiger charge is -2.27. The van der Waals surface area contributed by atoms with Crippen LogP contribution in [0.25, 0.3) is 0 Å². The first-order valence-electron chi connectivity index (χ1n) is 5.07. The van der Waals surface area contributed by atoms with Gasteiger partial charge in [0.05, 0.1) is 0 Å². The molecular formula is C12H18ClN. The minimum absolute atomic E-state index is 0.555. The van der Waals surface area contributed by atoms with Crippen LogP contribution in [0, 0.1) is 0 Å². The van der Waals surface area contributed by atoms with Crippen molar-refractivity contribution < 1.29 is 0 Å². The zero-order valence-corrected chi connectivity index (χ0v) is 9.88. The number of halogens is 1. The monoisotopic (exact) mass is 211 g/mol. The van der Waals surface area contributed by atoms with E-state index in [1.165, 1.54) is 11.3 Å². The molecule has 0 bridgehead atoms. The van der Waals surface area contributed by atoms with Crippen molar-refractivity contribution in [1.29, 1.82) is 0 Å². The molecule has 0 aliphatic rings. The fourth-order valence-electron chi connectivity index (χ4n) is 1.48. The Morgan fingerprint density at radius 1 is 1.36 bits per heavy atom. The van der Waals surface area contributed by atoms with Gasteiger partial charge in [-0.2, -0.15) is 0 Å². The van der Waals surface area contributed by atoms with Crippen molar-refractivity contribution in [1.82, 2.24) is 0 Å². The van der Waals surface area contributed by atoms with Gasteiger partial charge in [0.25, 0.3) is 0 Å². The molecule has 1 aromatic carbocycles. The largest absolute Gasteiger partial charge is 0.372 e. The SMILES string of the molecule is CCC(C)N(C)c1ccccc1CCl. The van der Waals surface area contributed by atoms with Gasteiger partial charge in [-0.1, -0.05) is 25.1 Å². The summed E-state index contributed by atoms with van der Waals surface area (Å²) in [5, 5.41) is 0. The normalized spacial score (nSPS) is 12.6. The number of para-hydroxylation sites is 1. The van der Waals surface area contributed by atoms with Crippen LogP contribution in [-0.4, -0.2) is 13.1 Å². The molecule has 0 aliphatic heterocycles. The average molecular weight is 212 g/mol. The number of rotatable bonds is 4. The first kappa shape index (κ1) is 11.4. The third-order valence-corrected chi connectivity index (χ3v) is 3.06. The Kier molecular flexibility index (Phi) is 4.27. The second kappa shape index (κ2) is 5.26. The molecule has 0 N–H and O–H groups in total. The highest BCUT2D eigenvalue weighted by Gasteiger charge is 2.10. The third kappa shape index (κ3) is 2.42. The molecule has 14 heavy (non-hydrogen) atoms. The van der Waals surface area contributed by atoms with Crippen LogP contribution in [0.15, 0.2) is 24.3 Å². The van der Waals surface area contributed by atoms with Crippen molar-refractivity contribution in [2.75, 3.05) is 11.9 Å². The molecule has 1 nitrogen and oxygen atoms in total. The summed E-state index contributed by atoms with van der Waals surface area (Å²) in [7, 11) is 2.12. The number of benzene rings is 1. The van der Waals surface area contributed by atoms with E-state index in [2.05, 4.69) is 44.0 Å². The first-order valence-corrected chi connectivity index (χ1v) is 5.60. The highest BCUT2D eigenvalue weighted by Crippen LogP contribution is 2.23. The van der Waals surface area contributed by atoms with Crippen molar-refractivity contribution in [3.05, 3.63) is 29.8 Å². The van der Waals surface area contributed by atoms with Crippen LogP contribution in [0.4, 0.5) is 5.69 Å². The van der Waals surface area contributed by atoms with Crippen LogP contribution < -0.4 is 4.90 Å². The lowest BCUT2D eigenvalue weighted by Crippen LogP contribution is -2.28. The van der Waals surface area contributed by atoms with Crippen LogP contribution in [0.1, 0.15) is 25.8 Å². The minimum atomic E-state index is 0.555. The number of hydrogen-bond donors (Lipinski definition) is 0. The topological polar surface area (TPSA) is 3.24 Å². The van der Waals surface area contributed by atoms with Crippen LogP contribution >= 0.6 is 11.6 Å². The van der Waals surface area contributed by atoms with E-state index in [1.807, 2.05) is 6.07 Å². The van der Waals surface area contributed by atoms with E-state index in [0.717, 1.165) is 6.42 Å². The van der Waals surface area contributed by atoms with Gasteiger partial charge >= 0.3 is 0 Å². The molecule has 0 aromatic heterocycles. The Morgan fingerprint density at radius 2 is 2.00 bits per heavy atom. The summed E-state index contributed by atoms with van der Waals surface area (Å²) >= 11 is 5.90. The molecule has 2 heteroatoms. The van der Waals surface area contributed by atoms with Gasteiger partial charge in [-0.15, -0.1) is 11.6 Å². The molecule has 0 aliphatic carbocycles. The van der Waals surface area contributed by atoms with Gasteiger partial charge < -0.3 is 4.90 Å². The van der Waals surface area contributed by atoms with E-state index < -0.39 is 0 Å². The average Bonchev–Trinajstić information content (AvgIpc) is 2.26. The maximum absolute atomic E-state index is 5.90. The van der Waals surface area contributed by atoms with Gasteiger partial charge in [0.1, 0.15) is 0 Å². The number of nitrogens with zero attached hydrogens (tertiary/aromatic N) is 1. The van der Waals surface area contributed by atoms with E-state index in [0.29, 0.717) is 11.9 Å². The molecule has 0 amide bonds. The number of alkyl halides is 1. The number of hydrogen-bond acceptors (Lipinski definition) is 1. The maximum atomic E-state index is 5.90. The zero-order chi connectivity index (χ0) is 10.6. The maximum Gasteiger partial charge on any atom is 0.0494 e. The number of anilines is 1. The molecular weight excluding hydrogens is 194 g/mol. The highest BCUT2D eigenvalue weighted by atomic mass is 35.5. The van der Waals surface area contributed by atoms with Crippen LogP contribution in [0.3, 0.4) is 0 Å². The lowest BCUT2D eigenvalue weighted by atomic mass is 10.1. The Labute approximate surface area is 91.7 Å². The summed E-state index contributed by atoms with van der Waals surface area (Å²) < 4.78 is 0. The summed E-state index contributed by atoms with van der Waals surface area (Å²) in [6.07, 6.45) is 1.15. The summed E-state index contributed by atoms with van der Waals surface area (Å²) in [5.74, 6) is 0.580. The molecule has 0 saturated carbocycles. The molecule has 0 heterocycles. The van der Waals surface area contributed by atoms with Crippen molar-refractivity contribution in [3.8, 4) is 0 Å². The summed E-state index contributed by atoms with van der Waals surface area (Å²) in [4.78, 5) is 2.29. The highest BCUT2D eigenvalue weighted by molar-refractivity contribution is 6.17. The molecule has 1 atom stereocenters. The van der Waals surface area contributed by atoms with Crippen LogP contribution in [-0.2, 0) is 5.88 Å². The van der Waals surface area contributed by atoms with Crippen LogP contribution in [0.2, 0.25) is 0 Å². The van der Waals surface area contributed by atoms with Crippen molar-refractivity contribution in [3.63, 3.8) is 0 Å². The Morgan fingerprint density at radius 3 is 2.57 bits per heavy atom. The summed E-state index contributed by atoms with van der Waals surface area (Å²) in [5.41, 5.74) is 2.45. The van der Waals surface area contributed by atoms with Gasteiger partial charge in [0.2, 0.25) is 0 Å². The smallest absolute Gasteiger partial charge is 0.0494 e. The van der Waals surface area contributed by atoms with E-state index in [9.17, 15) is 0 Å². The third-order valence-electron chi connectivity index (χ3n) is 2.77. The summed E-state index contributed by atoms with van der Waals surface area (Å²) in [6.45, 7) is 4.43. The molecule has 0 fully saturated rings. The van der Waals surface area contributed by atoms with Gasteiger partial charge in [-0.3, -0.25) is 0 Å². The summed E-state index contributed by atoms with van der Waals surface area (Å²) in [6, 6.07) is 8.86. The lowest BCUT2D eigenvalue weighted by molar-refractivity contribution is 0.662. The molecule has 1 rings (SSSR count). The van der Waals surface area contributed by atoms with Crippen molar-refractivity contribution in [2.45, 2.75) is 32.2 Å². The molecule has 0 radical (unpaired) electrons. The predicted octanol–water partition coefficient (Wildman–Crippen LogP) is 3.66. The molecule has 0 spiro atoms. The first-order chi connectivity index (χ1) is 6.70. The fourth-order valence-corrected chi connectivity index (χ4v) is 1.71. The van der Waals surface area contributed by atoms with Gasteiger partial charge in [-0.25, -0.2) is 0 Å². The van der Waals surface area contributed by atoms with Crippen molar-refractivity contribution in [2.24, 2.45) is 0 Å². The second-order valence-corrected chi connectivity index (χ2v) is 3.90. The predicted molar refractivity (Wildman–Crippen MR) is 64.2 cm³/mol. The standard InChI is InChI=1S/C12H18ClN/c1-4-10(2)14(3)12-8-6-5-7-11(12)9-13/h5-8,10H,4,9H2,1-3H3. The molecule has 1 unspecified atom stereocenters. The molecule has 1 aromatic rings. The van der Waals surface area contributed by atoms with E-state index in [4.69, 9.17) is 11.6 Å². The fraction of sp³-hybridized carbons (Fsp3) is 0.500. The minimum Gasteiger partial charge on any atom is -0.372 e. The van der Waals surface area contributed by atoms with Gasteiger partial charge in [-0.05, 0) is 25.0 Å². The molecule has 0 saturated heterocycles. The Bertz CT molecular complexity index is 285. The zero-order valence-electron chi connectivity index (χ0n) is 9.13. The second-order valence-electron chi connectivity index (χ2n) is 3.63. The Hall–Kier alpha value is -0.690. The van der Waals surface area contributed by atoms with E-state index >= 15 is 0 Å². The van der Waals surface area contributed by atoms with Gasteiger partial charge in [0.15, 0.2) is 0 Å². The Balaban J connectivity index is 2.93. The molecule has 78 valence electrons. The van der Waals surface area contributed by atoms with E-state index in [1.54, 1.807) is 0 Å². The van der Waals surface area contributed by atoms with E-state index in [-0.39, 0.29) is 0 Å².